The maximum atomic E-state index is 13.0. The number of nitrogens with one attached hydrogen (secondary N) is 1. The molecule has 4 aromatic carbocycles. The van der Waals surface area contributed by atoms with Crippen molar-refractivity contribution in [3.63, 3.8) is 0 Å². The largest absolute Gasteiger partial charge is 0.507 e. The highest BCUT2D eigenvalue weighted by atomic mass is 16.4. The maximum absolute atomic E-state index is 13.0. The monoisotopic (exact) mass is 453 g/mol. The topological polar surface area (TPSA) is 86.6 Å². The van der Waals surface area contributed by atoms with E-state index in [2.05, 4.69) is 5.32 Å². The second-order valence-electron chi connectivity index (χ2n) is 8.50. The van der Waals surface area contributed by atoms with E-state index in [4.69, 9.17) is 5.11 Å². The van der Waals surface area contributed by atoms with Gasteiger partial charge in [0.2, 0.25) is 0 Å². The van der Waals surface area contributed by atoms with Gasteiger partial charge in [0.05, 0.1) is 11.6 Å². The number of rotatable bonds is 8. The molecule has 0 saturated carbocycles. The van der Waals surface area contributed by atoms with Crippen LogP contribution in [0.5, 0.6) is 5.75 Å². The molecule has 0 aliphatic rings. The zero-order valence-electron chi connectivity index (χ0n) is 19.0. The molecule has 0 unspecified atom stereocenters. The van der Waals surface area contributed by atoms with Gasteiger partial charge in [0, 0.05) is 6.42 Å². The van der Waals surface area contributed by atoms with Gasteiger partial charge in [-0.1, -0.05) is 72.8 Å². The summed E-state index contributed by atoms with van der Waals surface area (Å²) in [6, 6.07) is 26.7. The molecule has 0 bridgehead atoms. The lowest BCUT2D eigenvalue weighted by molar-refractivity contribution is -0.136. The molecule has 5 heteroatoms. The van der Waals surface area contributed by atoms with Crippen LogP contribution in [0.4, 0.5) is 0 Å². The number of aromatic hydroxyl groups is 1. The van der Waals surface area contributed by atoms with Crippen molar-refractivity contribution in [1.29, 1.82) is 0 Å². The molecule has 4 aromatic rings. The first-order chi connectivity index (χ1) is 16.4. The van der Waals surface area contributed by atoms with Crippen LogP contribution in [0.25, 0.3) is 10.8 Å². The molecule has 0 radical (unpaired) electrons. The lowest BCUT2D eigenvalue weighted by atomic mass is 9.98. The molecule has 4 rings (SSSR count). The van der Waals surface area contributed by atoms with Gasteiger partial charge in [-0.2, -0.15) is 0 Å². The van der Waals surface area contributed by atoms with Crippen LogP contribution >= 0.6 is 0 Å². The Balaban J connectivity index is 1.48. The van der Waals surface area contributed by atoms with E-state index in [0.717, 1.165) is 33.0 Å². The zero-order chi connectivity index (χ0) is 24.1. The molecule has 172 valence electrons. The summed E-state index contributed by atoms with van der Waals surface area (Å²) in [6.45, 7) is 1.94. The Morgan fingerprint density at radius 3 is 2.29 bits per heavy atom. The molecule has 0 aliphatic heterocycles. The van der Waals surface area contributed by atoms with Gasteiger partial charge in [0.1, 0.15) is 5.75 Å². The van der Waals surface area contributed by atoms with Crippen molar-refractivity contribution in [2.45, 2.75) is 32.2 Å². The molecule has 34 heavy (non-hydrogen) atoms. The summed E-state index contributed by atoms with van der Waals surface area (Å²) in [5.41, 5.74) is 4.17. The van der Waals surface area contributed by atoms with Crippen LogP contribution in [0, 0.1) is 0 Å². The van der Waals surface area contributed by atoms with E-state index >= 15 is 0 Å². The highest BCUT2D eigenvalue weighted by Gasteiger charge is 2.17. The number of carboxylic acids is 1. The fraction of sp³-hybridized carbons (Fsp3) is 0.172. The van der Waals surface area contributed by atoms with Crippen LogP contribution in [-0.4, -0.2) is 22.1 Å². The number of fused-ring (bicyclic) bond motifs is 1. The molecule has 5 nitrogen and oxygen atoms in total. The minimum absolute atomic E-state index is 0.0598. The van der Waals surface area contributed by atoms with Gasteiger partial charge < -0.3 is 15.5 Å². The number of benzene rings is 4. The van der Waals surface area contributed by atoms with E-state index in [1.165, 1.54) is 0 Å². The first kappa shape index (κ1) is 23.1. The van der Waals surface area contributed by atoms with Crippen LogP contribution in [-0.2, 0) is 17.6 Å². The number of aliphatic carboxylic acids is 1. The third-order valence-corrected chi connectivity index (χ3v) is 6.00. The summed E-state index contributed by atoms with van der Waals surface area (Å²) >= 11 is 0. The number of amides is 1. The number of carboxylic acid groups (broad SMARTS) is 1. The summed E-state index contributed by atoms with van der Waals surface area (Å²) in [4.78, 5) is 23.8. The molecule has 0 aliphatic carbocycles. The van der Waals surface area contributed by atoms with Crippen molar-refractivity contribution >= 4 is 22.6 Å². The third-order valence-electron chi connectivity index (χ3n) is 6.00. The average Bonchev–Trinajstić information content (AvgIpc) is 2.84. The molecular weight excluding hydrogens is 426 g/mol. The number of carbonyl (C=O) groups is 2. The lowest BCUT2D eigenvalue weighted by Crippen LogP contribution is -2.27. The molecule has 3 N–H and O–H groups in total. The number of phenolic OH excluding ortho intramolecular Hbond substituents is 1. The summed E-state index contributed by atoms with van der Waals surface area (Å²) in [6.07, 6.45) is 1.19. The summed E-state index contributed by atoms with van der Waals surface area (Å²) in [5.74, 6) is -1.20. The van der Waals surface area contributed by atoms with Gasteiger partial charge >= 0.3 is 5.97 Å². The van der Waals surface area contributed by atoms with E-state index in [-0.39, 0.29) is 29.7 Å². The molecule has 0 aromatic heterocycles. The predicted molar refractivity (Wildman–Crippen MR) is 133 cm³/mol. The molecule has 0 heterocycles. The minimum atomic E-state index is -0.811. The van der Waals surface area contributed by atoms with Gasteiger partial charge in [0.25, 0.3) is 5.91 Å². The van der Waals surface area contributed by atoms with Gasteiger partial charge in [-0.05, 0) is 64.9 Å². The van der Waals surface area contributed by atoms with Crippen LogP contribution in [0.3, 0.4) is 0 Å². The lowest BCUT2D eigenvalue weighted by Gasteiger charge is -2.17. The summed E-state index contributed by atoms with van der Waals surface area (Å²) in [5, 5.41) is 24.4. The Morgan fingerprint density at radius 1 is 0.853 bits per heavy atom. The Labute approximate surface area is 198 Å². The van der Waals surface area contributed by atoms with Crippen LogP contribution < -0.4 is 5.32 Å². The van der Waals surface area contributed by atoms with Gasteiger partial charge in [0.15, 0.2) is 0 Å². The van der Waals surface area contributed by atoms with Crippen molar-refractivity contribution in [1.82, 2.24) is 5.32 Å². The van der Waals surface area contributed by atoms with Gasteiger partial charge in [-0.15, -0.1) is 0 Å². The molecule has 0 spiro atoms. The van der Waals surface area contributed by atoms with Crippen LogP contribution in [0.15, 0.2) is 84.9 Å². The average molecular weight is 454 g/mol. The predicted octanol–water partition coefficient (Wildman–Crippen LogP) is 5.64. The normalized spacial score (nSPS) is 11.8. The number of carbonyl (C=O) groups excluding carboxylic acids is 1. The van der Waals surface area contributed by atoms with Crippen molar-refractivity contribution in [3.8, 4) is 5.75 Å². The molecular formula is C29H27NO4. The van der Waals surface area contributed by atoms with E-state index in [0.29, 0.717) is 12.8 Å². The molecule has 0 saturated heterocycles. The minimum Gasteiger partial charge on any atom is -0.507 e. The fourth-order valence-corrected chi connectivity index (χ4v) is 4.17. The smallest absolute Gasteiger partial charge is 0.303 e. The zero-order valence-corrected chi connectivity index (χ0v) is 19.0. The van der Waals surface area contributed by atoms with Gasteiger partial charge in [-0.25, -0.2) is 0 Å². The van der Waals surface area contributed by atoms with Gasteiger partial charge in [-0.3, -0.25) is 9.59 Å². The number of hydrogen-bond donors (Lipinski definition) is 3. The van der Waals surface area contributed by atoms with Crippen molar-refractivity contribution < 1.29 is 19.8 Å². The first-order valence-corrected chi connectivity index (χ1v) is 11.3. The van der Waals surface area contributed by atoms with Crippen molar-refractivity contribution in [2.24, 2.45) is 0 Å². The standard InChI is InChI=1S/C29H27NO4/c1-19(24-8-4-6-23-5-2-3-7-25(23)24)30-29(34)26-18-22(13-15-27(26)31)17-21-11-9-20(10-12-21)14-16-28(32)33/h2-13,15,18-19,31H,14,16-17H2,1H3,(H,30,34)(H,32,33)/t19-/m1/s1. The Hall–Kier alpha value is -4.12. The van der Waals surface area contributed by atoms with E-state index in [9.17, 15) is 14.7 Å². The maximum Gasteiger partial charge on any atom is 0.303 e. The second-order valence-corrected chi connectivity index (χ2v) is 8.50. The Morgan fingerprint density at radius 2 is 1.53 bits per heavy atom. The third kappa shape index (κ3) is 5.44. The first-order valence-electron chi connectivity index (χ1n) is 11.3. The SMILES string of the molecule is C[C@@H](NC(=O)c1cc(Cc2ccc(CCC(=O)O)cc2)ccc1O)c1cccc2ccccc12. The van der Waals surface area contributed by atoms with Crippen LogP contribution in [0.1, 0.15) is 52.0 Å². The van der Waals surface area contributed by atoms with Crippen LogP contribution in [0.2, 0.25) is 0 Å². The van der Waals surface area contributed by atoms with E-state index < -0.39 is 5.97 Å². The highest BCUT2D eigenvalue weighted by molar-refractivity contribution is 5.97. The molecule has 0 fully saturated rings. The molecule has 1 atom stereocenters. The van der Waals surface area contributed by atoms with Crippen molar-refractivity contribution in [3.05, 3.63) is 113 Å². The Kier molecular flexibility index (Phi) is 6.93. The van der Waals surface area contributed by atoms with Crippen molar-refractivity contribution in [2.75, 3.05) is 0 Å². The summed E-state index contributed by atoms with van der Waals surface area (Å²) < 4.78 is 0. The second kappa shape index (κ2) is 10.2. The Bertz CT molecular complexity index is 1320. The number of aryl methyl sites for hydroxylation is 1. The molecule has 1 amide bonds. The van der Waals surface area contributed by atoms with E-state index in [1.54, 1.807) is 18.2 Å². The highest BCUT2D eigenvalue weighted by Crippen LogP contribution is 2.26. The quantitative estimate of drug-likeness (QED) is 0.322. The van der Waals surface area contributed by atoms with E-state index in [1.807, 2.05) is 73.7 Å². The number of hydrogen-bond acceptors (Lipinski definition) is 3. The summed E-state index contributed by atoms with van der Waals surface area (Å²) in [7, 11) is 0. The fourth-order valence-electron chi connectivity index (χ4n) is 4.17. The number of phenols is 1.